The molecule has 2 aromatic rings. The van der Waals surface area contributed by atoms with E-state index in [0.717, 1.165) is 18.1 Å². The van der Waals surface area contributed by atoms with E-state index in [-0.39, 0.29) is 6.54 Å². The summed E-state index contributed by atoms with van der Waals surface area (Å²) in [5.74, 6) is -5.66. The number of aryl methyl sites for hydroxylation is 1. The molecule has 0 radical (unpaired) electrons. The number of carbonyl (C=O) groups excluding carboxylic acids is 2. The van der Waals surface area contributed by atoms with Gasteiger partial charge in [-0.3, -0.25) is 14.5 Å². The third-order valence-corrected chi connectivity index (χ3v) is 4.05. The Morgan fingerprint density at radius 3 is 2.21 bits per heavy atom. The first-order valence-corrected chi connectivity index (χ1v) is 8.76. The van der Waals surface area contributed by atoms with Gasteiger partial charge in [0.15, 0.2) is 17.5 Å². The minimum Gasteiger partial charge on any atom is -0.346 e. The van der Waals surface area contributed by atoms with E-state index in [1.165, 1.54) is 5.56 Å². The number of hydrogen-bond donors (Lipinski definition) is 2. The van der Waals surface area contributed by atoms with Crippen LogP contribution in [0.15, 0.2) is 36.4 Å². The fraction of sp³-hybridized carbons (Fsp3) is 0.300. The van der Waals surface area contributed by atoms with Crippen molar-refractivity contribution in [2.45, 2.75) is 19.9 Å². The molecule has 0 aliphatic heterocycles. The van der Waals surface area contributed by atoms with Crippen LogP contribution in [0.25, 0.3) is 0 Å². The molecule has 5 nitrogen and oxygen atoms in total. The van der Waals surface area contributed by atoms with Crippen molar-refractivity contribution in [3.63, 3.8) is 0 Å². The highest BCUT2D eigenvalue weighted by Gasteiger charge is 2.16. The van der Waals surface area contributed by atoms with E-state index < -0.39 is 41.5 Å². The Hall–Kier alpha value is -2.87. The maximum absolute atomic E-state index is 13.5. The SMILES string of the molecule is CCc1ccc(CN(C)CC(=O)NCC(=O)Nc2ccc(F)c(F)c2F)cc1. The largest absolute Gasteiger partial charge is 0.346 e. The fourth-order valence-corrected chi connectivity index (χ4v) is 2.54. The lowest BCUT2D eigenvalue weighted by atomic mass is 10.1. The lowest BCUT2D eigenvalue weighted by Gasteiger charge is -2.16. The van der Waals surface area contributed by atoms with Gasteiger partial charge in [0.1, 0.15) is 0 Å². The molecule has 8 heteroatoms. The molecule has 150 valence electrons. The van der Waals surface area contributed by atoms with Crippen LogP contribution in [0, 0.1) is 17.5 Å². The molecule has 0 aliphatic carbocycles. The summed E-state index contributed by atoms with van der Waals surface area (Å²) in [7, 11) is 1.77. The average molecular weight is 393 g/mol. The zero-order chi connectivity index (χ0) is 20.7. The molecule has 0 spiro atoms. The maximum Gasteiger partial charge on any atom is 0.243 e. The van der Waals surface area contributed by atoms with Gasteiger partial charge in [0.2, 0.25) is 11.8 Å². The second-order valence-electron chi connectivity index (χ2n) is 6.39. The van der Waals surface area contributed by atoms with E-state index in [1.807, 2.05) is 24.3 Å². The van der Waals surface area contributed by atoms with Crippen molar-refractivity contribution in [3.8, 4) is 0 Å². The van der Waals surface area contributed by atoms with E-state index in [9.17, 15) is 22.8 Å². The number of hydrogen-bond acceptors (Lipinski definition) is 3. The first kappa shape index (κ1) is 21.4. The van der Waals surface area contributed by atoms with Crippen molar-refractivity contribution >= 4 is 17.5 Å². The Labute approximate surface area is 161 Å². The predicted octanol–water partition coefficient (Wildman–Crippen LogP) is 2.85. The molecule has 0 aliphatic rings. The van der Waals surface area contributed by atoms with Crippen molar-refractivity contribution in [1.29, 1.82) is 0 Å². The first-order valence-electron chi connectivity index (χ1n) is 8.76. The van der Waals surface area contributed by atoms with Gasteiger partial charge in [0.05, 0.1) is 18.8 Å². The number of benzene rings is 2. The van der Waals surface area contributed by atoms with Crippen LogP contribution in [0.4, 0.5) is 18.9 Å². The highest BCUT2D eigenvalue weighted by molar-refractivity contribution is 5.94. The lowest BCUT2D eigenvalue weighted by Crippen LogP contribution is -2.39. The van der Waals surface area contributed by atoms with Crippen LogP contribution < -0.4 is 10.6 Å². The summed E-state index contributed by atoms with van der Waals surface area (Å²) < 4.78 is 39.5. The van der Waals surface area contributed by atoms with Gasteiger partial charge >= 0.3 is 0 Å². The topological polar surface area (TPSA) is 61.4 Å². The minimum absolute atomic E-state index is 0.0579. The third-order valence-electron chi connectivity index (χ3n) is 4.05. The monoisotopic (exact) mass is 393 g/mol. The Kier molecular flexibility index (Phi) is 7.57. The van der Waals surface area contributed by atoms with Crippen LogP contribution in [-0.2, 0) is 22.6 Å². The summed E-state index contributed by atoms with van der Waals surface area (Å²) >= 11 is 0. The fourth-order valence-electron chi connectivity index (χ4n) is 2.54. The predicted molar refractivity (Wildman–Crippen MR) is 100 cm³/mol. The molecule has 0 saturated heterocycles. The van der Waals surface area contributed by atoms with Gasteiger partial charge in [-0.15, -0.1) is 0 Å². The highest BCUT2D eigenvalue weighted by Crippen LogP contribution is 2.19. The Balaban J connectivity index is 1.78. The molecular formula is C20H22F3N3O2. The van der Waals surface area contributed by atoms with Crippen LogP contribution in [0.1, 0.15) is 18.1 Å². The number of anilines is 1. The van der Waals surface area contributed by atoms with Crippen molar-refractivity contribution in [1.82, 2.24) is 10.2 Å². The van der Waals surface area contributed by atoms with Gasteiger partial charge in [0.25, 0.3) is 0 Å². The van der Waals surface area contributed by atoms with Gasteiger partial charge in [0, 0.05) is 6.54 Å². The number of likely N-dealkylation sites (N-methyl/N-ethyl adjacent to an activating group) is 1. The first-order chi connectivity index (χ1) is 13.3. The van der Waals surface area contributed by atoms with Crippen molar-refractivity contribution < 1.29 is 22.8 Å². The molecule has 28 heavy (non-hydrogen) atoms. The molecule has 0 unspecified atom stereocenters. The summed E-state index contributed by atoms with van der Waals surface area (Å²) in [6.45, 7) is 2.27. The molecule has 0 atom stereocenters. The number of nitrogens with zero attached hydrogens (tertiary/aromatic N) is 1. The molecule has 2 aromatic carbocycles. The van der Waals surface area contributed by atoms with E-state index in [0.29, 0.717) is 12.6 Å². The molecule has 0 fully saturated rings. The van der Waals surface area contributed by atoms with Crippen LogP contribution in [0.5, 0.6) is 0 Å². The van der Waals surface area contributed by atoms with Gasteiger partial charge in [-0.05, 0) is 36.7 Å². The Morgan fingerprint density at radius 1 is 0.929 bits per heavy atom. The van der Waals surface area contributed by atoms with Gasteiger partial charge in [-0.1, -0.05) is 31.2 Å². The zero-order valence-electron chi connectivity index (χ0n) is 15.7. The summed E-state index contributed by atoms with van der Waals surface area (Å²) in [5, 5.41) is 4.49. The molecule has 2 amide bonds. The molecule has 0 heterocycles. The Bertz CT molecular complexity index is 841. The minimum atomic E-state index is -1.67. The van der Waals surface area contributed by atoms with Gasteiger partial charge in [-0.25, -0.2) is 13.2 Å². The van der Waals surface area contributed by atoms with Crippen LogP contribution in [0.2, 0.25) is 0 Å². The van der Waals surface area contributed by atoms with Crippen molar-refractivity contribution in [2.24, 2.45) is 0 Å². The van der Waals surface area contributed by atoms with Crippen LogP contribution >= 0.6 is 0 Å². The summed E-state index contributed by atoms with van der Waals surface area (Å²) in [6.07, 6.45) is 0.953. The van der Waals surface area contributed by atoms with E-state index in [2.05, 4.69) is 17.6 Å². The molecule has 2 N–H and O–H groups in total. The van der Waals surface area contributed by atoms with E-state index in [1.54, 1.807) is 11.9 Å². The van der Waals surface area contributed by atoms with E-state index >= 15 is 0 Å². The van der Waals surface area contributed by atoms with Crippen molar-refractivity contribution in [3.05, 3.63) is 65.0 Å². The number of halogens is 3. The van der Waals surface area contributed by atoms with E-state index in [4.69, 9.17) is 0 Å². The zero-order valence-corrected chi connectivity index (χ0v) is 15.7. The van der Waals surface area contributed by atoms with Crippen LogP contribution in [0.3, 0.4) is 0 Å². The highest BCUT2D eigenvalue weighted by atomic mass is 19.2. The molecule has 0 aromatic heterocycles. The second-order valence-corrected chi connectivity index (χ2v) is 6.39. The lowest BCUT2D eigenvalue weighted by molar-refractivity contribution is -0.124. The number of amides is 2. The van der Waals surface area contributed by atoms with Gasteiger partial charge in [-0.2, -0.15) is 0 Å². The molecule has 0 saturated carbocycles. The van der Waals surface area contributed by atoms with Crippen LogP contribution in [-0.4, -0.2) is 36.9 Å². The smallest absolute Gasteiger partial charge is 0.243 e. The quantitative estimate of drug-likeness (QED) is 0.678. The molecule has 2 rings (SSSR count). The average Bonchev–Trinajstić information content (AvgIpc) is 2.67. The second kappa shape index (κ2) is 9.89. The molecular weight excluding hydrogens is 371 g/mol. The summed E-state index contributed by atoms with van der Waals surface area (Å²) in [5.41, 5.74) is 1.79. The van der Waals surface area contributed by atoms with Crippen molar-refractivity contribution in [2.75, 3.05) is 25.5 Å². The number of carbonyl (C=O) groups is 2. The Morgan fingerprint density at radius 2 is 1.57 bits per heavy atom. The number of rotatable bonds is 8. The van der Waals surface area contributed by atoms with Gasteiger partial charge < -0.3 is 10.6 Å². The third kappa shape index (κ3) is 6.09. The summed E-state index contributed by atoms with van der Waals surface area (Å²) in [4.78, 5) is 25.5. The summed E-state index contributed by atoms with van der Waals surface area (Å²) in [6, 6.07) is 9.67. The maximum atomic E-state index is 13.5. The normalized spacial score (nSPS) is 10.8. The standard InChI is InChI=1S/C20H22F3N3O2/c1-3-13-4-6-14(7-5-13)11-26(2)12-18(28)24-10-17(27)25-16-9-8-15(21)19(22)20(16)23/h4-9H,3,10-12H2,1-2H3,(H,24,28)(H,25,27). The molecule has 0 bridgehead atoms. The number of nitrogens with one attached hydrogen (secondary N) is 2.